The second-order valence-corrected chi connectivity index (χ2v) is 6.65. The third-order valence-corrected chi connectivity index (χ3v) is 4.41. The first kappa shape index (κ1) is 16.7. The van der Waals surface area contributed by atoms with Crippen LogP contribution in [0.25, 0.3) is 10.9 Å². The fourth-order valence-electron chi connectivity index (χ4n) is 3.18. The second kappa shape index (κ2) is 7.58. The van der Waals surface area contributed by atoms with Gasteiger partial charge in [-0.15, -0.1) is 0 Å². The van der Waals surface area contributed by atoms with Gasteiger partial charge in [-0.3, -0.25) is 9.78 Å². The predicted octanol–water partition coefficient (Wildman–Crippen LogP) is 3.63. The molecule has 4 nitrogen and oxygen atoms in total. The van der Waals surface area contributed by atoms with Gasteiger partial charge in [0.15, 0.2) is 5.78 Å². The topological polar surface area (TPSA) is 36.4 Å². The normalized spacial score (nSPS) is 15.0. The summed E-state index contributed by atoms with van der Waals surface area (Å²) in [6, 6.07) is 10.3. The smallest absolute Gasteiger partial charge is 0.157 e. The Balaban J connectivity index is 1.90. The van der Waals surface area contributed by atoms with Crippen LogP contribution in [-0.4, -0.2) is 42.9 Å². The van der Waals surface area contributed by atoms with Crippen molar-refractivity contribution in [3.05, 3.63) is 48.3 Å². The summed E-state index contributed by atoms with van der Waals surface area (Å²) in [7, 11) is 4.18. The van der Waals surface area contributed by atoms with Gasteiger partial charge in [0, 0.05) is 30.1 Å². The number of nitrogens with zero attached hydrogens (tertiary/aromatic N) is 3. The number of carbonyl (C=O) groups is 1. The average Bonchev–Trinajstić information content (AvgIpc) is 2.58. The molecule has 0 aliphatic heterocycles. The highest BCUT2D eigenvalue weighted by Gasteiger charge is 2.18. The summed E-state index contributed by atoms with van der Waals surface area (Å²) in [4.78, 5) is 20.9. The quantitative estimate of drug-likeness (QED) is 0.813. The summed E-state index contributed by atoms with van der Waals surface area (Å²) >= 11 is 0. The molecule has 0 fully saturated rings. The van der Waals surface area contributed by atoms with Gasteiger partial charge < -0.3 is 9.80 Å². The van der Waals surface area contributed by atoms with Gasteiger partial charge in [0.25, 0.3) is 0 Å². The van der Waals surface area contributed by atoms with Crippen molar-refractivity contribution >= 4 is 22.4 Å². The molecule has 4 heteroatoms. The van der Waals surface area contributed by atoms with Crippen molar-refractivity contribution in [3.8, 4) is 0 Å². The van der Waals surface area contributed by atoms with E-state index in [2.05, 4.69) is 41.0 Å². The largest absolute Gasteiger partial charge is 0.344 e. The van der Waals surface area contributed by atoms with Crippen LogP contribution in [0.1, 0.15) is 25.7 Å². The number of fused-ring (bicyclic) bond motifs is 1. The summed E-state index contributed by atoms with van der Waals surface area (Å²) in [6.45, 7) is 1.93. The number of allylic oxidation sites excluding steroid dienone is 2. The SMILES string of the molecule is CN(C)CCCN(C1=CC(=O)CCC1)c1cnc2ccccc2c1. The highest BCUT2D eigenvalue weighted by Crippen LogP contribution is 2.27. The molecule has 0 bridgehead atoms. The van der Waals surface area contributed by atoms with Crippen LogP contribution in [0.5, 0.6) is 0 Å². The Morgan fingerprint density at radius 3 is 2.75 bits per heavy atom. The van der Waals surface area contributed by atoms with Crippen LogP contribution >= 0.6 is 0 Å². The zero-order valence-corrected chi connectivity index (χ0v) is 14.5. The molecule has 126 valence electrons. The van der Waals surface area contributed by atoms with Crippen molar-refractivity contribution in [1.29, 1.82) is 0 Å². The summed E-state index contributed by atoms with van der Waals surface area (Å²) in [5.74, 6) is 0.239. The Labute approximate surface area is 143 Å². The van der Waals surface area contributed by atoms with Crippen molar-refractivity contribution in [2.24, 2.45) is 0 Å². The minimum atomic E-state index is 0.239. The van der Waals surface area contributed by atoms with Gasteiger partial charge in [0.05, 0.1) is 17.4 Å². The van der Waals surface area contributed by atoms with Crippen LogP contribution in [-0.2, 0) is 4.79 Å². The van der Waals surface area contributed by atoms with E-state index < -0.39 is 0 Å². The number of hydrogen-bond acceptors (Lipinski definition) is 4. The van der Waals surface area contributed by atoms with Crippen LogP contribution in [0.15, 0.2) is 48.3 Å². The molecule has 24 heavy (non-hydrogen) atoms. The molecule has 0 spiro atoms. The van der Waals surface area contributed by atoms with E-state index in [9.17, 15) is 4.79 Å². The predicted molar refractivity (Wildman–Crippen MR) is 99.2 cm³/mol. The van der Waals surface area contributed by atoms with E-state index in [1.54, 1.807) is 0 Å². The zero-order valence-electron chi connectivity index (χ0n) is 14.5. The number of carbonyl (C=O) groups excluding carboxylic acids is 1. The van der Waals surface area contributed by atoms with Crippen molar-refractivity contribution in [2.45, 2.75) is 25.7 Å². The molecule has 0 saturated heterocycles. The molecule has 0 unspecified atom stereocenters. The third kappa shape index (κ3) is 4.01. The molecule has 1 heterocycles. The van der Waals surface area contributed by atoms with E-state index in [4.69, 9.17) is 0 Å². The molecule has 1 aliphatic carbocycles. The van der Waals surface area contributed by atoms with Gasteiger partial charge in [-0.1, -0.05) is 18.2 Å². The fraction of sp³-hybridized carbons (Fsp3) is 0.400. The summed E-state index contributed by atoms with van der Waals surface area (Å²) in [5.41, 5.74) is 3.21. The zero-order chi connectivity index (χ0) is 16.9. The fourth-order valence-corrected chi connectivity index (χ4v) is 3.18. The number of para-hydroxylation sites is 1. The summed E-state index contributed by atoms with van der Waals surface area (Å²) < 4.78 is 0. The van der Waals surface area contributed by atoms with E-state index in [1.807, 2.05) is 30.5 Å². The minimum Gasteiger partial charge on any atom is -0.344 e. The highest BCUT2D eigenvalue weighted by atomic mass is 16.1. The van der Waals surface area contributed by atoms with Crippen LogP contribution in [0, 0.1) is 0 Å². The molecule has 1 aromatic heterocycles. The van der Waals surface area contributed by atoms with Crippen LogP contribution in [0.4, 0.5) is 5.69 Å². The first-order chi connectivity index (χ1) is 11.6. The minimum absolute atomic E-state index is 0.239. The lowest BCUT2D eigenvalue weighted by atomic mass is 10.0. The molecular formula is C20H25N3O. The number of rotatable bonds is 6. The van der Waals surface area contributed by atoms with Crippen LogP contribution in [0.3, 0.4) is 0 Å². The molecule has 3 rings (SSSR count). The lowest BCUT2D eigenvalue weighted by Gasteiger charge is -2.29. The Kier molecular flexibility index (Phi) is 5.26. The van der Waals surface area contributed by atoms with Gasteiger partial charge >= 0.3 is 0 Å². The van der Waals surface area contributed by atoms with Gasteiger partial charge in [-0.25, -0.2) is 0 Å². The first-order valence-corrected chi connectivity index (χ1v) is 8.64. The van der Waals surface area contributed by atoms with E-state index in [0.29, 0.717) is 6.42 Å². The average molecular weight is 323 g/mol. The van der Waals surface area contributed by atoms with E-state index >= 15 is 0 Å². The van der Waals surface area contributed by atoms with Crippen molar-refractivity contribution in [2.75, 3.05) is 32.1 Å². The van der Waals surface area contributed by atoms with Gasteiger partial charge in [-0.05, 0) is 52.0 Å². The molecule has 1 aromatic carbocycles. The lowest BCUT2D eigenvalue weighted by Crippen LogP contribution is -2.28. The molecule has 0 saturated carbocycles. The van der Waals surface area contributed by atoms with E-state index in [0.717, 1.165) is 54.6 Å². The van der Waals surface area contributed by atoms with Gasteiger partial charge in [0.1, 0.15) is 0 Å². The summed E-state index contributed by atoms with van der Waals surface area (Å²) in [6.07, 6.45) is 7.37. The van der Waals surface area contributed by atoms with Gasteiger partial charge in [0.2, 0.25) is 0 Å². The van der Waals surface area contributed by atoms with Crippen LogP contribution in [0.2, 0.25) is 0 Å². The lowest BCUT2D eigenvalue weighted by molar-refractivity contribution is -0.115. The van der Waals surface area contributed by atoms with E-state index in [-0.39, 0.29) is 5.78 Å². The van der Waals surface area contributed by atoms with E-state index in [1.165, 1.54) is 0 Å². The molecule has 0 radical (unpaired) electrons. The molecular weight excluding hydrogens is 298 g/mol. The molecule has 0 atom stereocenters. The number of benzene rings is 1. The Hall–Kier alpha value is -2.20. The number of aromatic nitrogens is 1. The summed E-state index contributed by atoms with van der Waals surface area (Å²) in [5, 5.41) is 1.13. The van der Waals surface area contributed by atoms with Crippen molar-refractivity contribution in [3.63, 3.8) is 0 Å². The van der Waals surface area contributed by atoms with Gasteiger partial charge in [-0.2, -0.15) is 0 Å². The number of pyridine rings is 1. The molecule has 1 aliphatic rings. The third-order valence-electron chi connectivity index (χ3n) is 4.41. The van der Waals surface area contributed by atoms with Crippen molar-refractivity contribution < 1.29 is 4.79 Å². The van der Waals surface area contributed by atoms with Crippen LogP contribution < -0.4 is 4.90 Å². The Bertz CT molecular complexity index is 751. The number of hydrogen-bond donors (Lipinski definition) is 0. The Morgan fingerprint density at radius 2 is 1.96 bits per heavy atom. The maximum atomic E-state index is 11.9. The molecule has 0 amide bonds. The standard InChI is InChI=1S/C20H25N3O/c1-22(2)11-6-12-23(17-8-5-9-19(24)14-17)18-13-16-7-3-4-10-20(16)21-15-18/h3-4,7,10,13-15H,5-6,8-9,11-12H2,1-2H3. The number of anilines is 1. The Morgan fingerprint density at radius 1 is 1.12 bits per heavy atom. The maximum absolute atomic E-state index is 11.9. The first-order valence-electron chi connectivity index (χ1n) is 8.64. The number of ketones is 1. The van der Waals surface area contributed by atoms with Crippen molar-refractivity contribution in [1.82, 2.24) is 9.88 Å². The highest BCUT2D eigenvalue weighted by molar-refractivity contribution is 5.92. The molecule has 0 N–H and O–H groups in total. The molecule has 2 aromatic rings. The monoisotopic (exact) mass is 323 g/mol. The maximum Gasteiger partial charge on any atom is 0.157 e. The second-order valence-electron chi connectivity index (χ2n) is 6.65.